The number of H-pyrrole nitrogens is 1. The van der Waals surface area contributed by atoms with Crippen LogP contribution in [0.15, 0.2) is 29.4 Å². The van der Waals surface area contributed by atoms with Gasteiger partial charge in [-0.3, -0.25) is 9.82 Å². The third-order valence-corrected chi connectivity index (χ3v) is 3.61. The molecule has 18 heavy (non-hydrogen) atoms. The molecule has 0 radical (unpaired) electrons. The van der Waals surface area contributed by atoms with Crippen LogP contribution in [0, 0.1) is 6.92 Å². The third kappa shape index (κ3) is 2.49. The maximum absolute atomic E-state index is 12.0. The second kappa shape index (κ2) is 4.75. The van der Waals surface area contributed by atoms with Crippen molar-refractivity contribution in [2.45, 2.75) is 18.6 Å². The number of nitrogens with zero attached hydrogens (tertiary/aromatic N) is 2. The lowest BCUT2D eigenvalue weighted by Crippen LogP contribution is -2.16. The molecule has 0 atom stereocenters. The second-order valence-corrected chi connectivity index (χ2v) is 5.27. The summed E-state index contributed by atoms with van der Waals surface area (Å²) in [6.07, 6.45) is 1.26. The molecule has 7 nitrogen and oxygen atoms in total. The maximum Gasteiger partial charge on any atom is 0.280 e. The van der Waals surface area contributed by atoms with Crippen molar-refractivity contribution in [3.05, 3.63) is 35.7 Å². The van der Waals surface area contributed by atoms with E-state index >= 15 is 0 Å². The minimum Gasteiger partial charge on any atom is -0.392 e. The number of rotatable bonds is 4. The monoisotopic (exact) mass is 268 g/mol. The molecule has 2 aromatic rings. The molecular formula is C10H12N4O3S. The van der Waals surface area contributed by atoms with Gasteiger partial charge in [-0.15, -0.1) is 0 Å². The quantitative estimate of drug-likeness (QED) is 0.744. The fourth-order valence-corrected chi connectivity index (χ4v) is 2.56. The van der Waals surface area contributed by atoms with Gasteiger partial charge in [0.1, 0.15) is 5.82 Å². The van der Waals surface area contributed by atoms with E-state index in [9.17, 15) is 8.42 Å². The number of aryl methyl sites for hydroxylation is 1. The van der Waals surface area contributed by atoms with Crippen LogP contribution in [0.4, 0.5) is 5.82 Å². The second-order valence-electron chi connectivity index (χ2n) is 3.65. The molecule has 0 aliphatic carbocycles. The molecule has 0 aromatic carbocycles. The van der Waals surface area contributed by atoms with Crippen LogP contribution >= 0.6 is 0 Å². The van der Waals surface area contributed by atoms with Crippen LogP contribution in [-0.2, 0) is 16.6 Å². The summed E-state index contributed by atoms with van der Waals surface area (Å²) >= 11 is 0. The van der Waals surface area contributed by atoms with Gasteiger partial charge >= 0.3 is 0 Å². The normalized spacial score (nSPS) is 11.4. The van der Waals surface area contributed by atoms with E-state index in [1.165, 1.54) is 6.20 Å². The van der Waals surface area contributed by atoms with Crippen LogP contribution in [0.5, 0.6) is 0 Å². The van der Waals surface area contributed by atoms with Gasteiger partial charge in [0.05, 0.1) is 12.8 Å². The number of aliphatic hydroxyl groups is 1. The Labute approximate surface area is 104 Å². The molecule has 2 rings (SSSR count). The van der Waals surface area contributed by atoms with Gasteiger partial charge in [0.25, 0.3) is 10.0 Å². The Morgan fingerprint density at radius 3 is 2.89 bits per heavy atom. The first-order valence-corrected chi connectivity index (χ1v) is 6.61. The summed E-state index contributed by atoms with van der Waals surface area (Å²) in [5, 5.41) is 14.8. The molecule has 0 bridgehead atoms. The van der Waals surface area contributed by atoms with Gasteiger partial charge in [-0.25, -0.2) is 4.98 Å². The largest absolute Gasteiger partial charge is 0.392 e. The number of pyridine rings is 1. The standard InChI is InChI=1S/C10H12N4O3S/c1-7-3-2-4-9(12-7)14-18(16,17)10-8(6-15)5-11-13-10/h2-5,15H,6H2,1H3,(H,11,13)(H,12,14). The van der Waals surface area contributed by atoms with Crippen LogP contribution in [0.3, 0.4) is 0 Å². The van der Waals surface area contributed by atoms with Crippen molar-refractivity contribution < 1.29 is 13.5 Å². The molecule has 3 N–H and O–H groups in total. The molecule has 2 heterocycles. The minimum atomic E-state index is -3.82. The maximum atomic E-state index is 12.0. The summed E-state index contributed by atoms with van der Waals surface area (Å²) < 4.78 is 26.4. The average Bonchev–Trinajstić information content (AvgIpc) is 2.77. The van der Waals surface area contributed by atoms with Gasteiger partial charge in [-0.05, 0) is 19.1 Å². The van der Waals surface area contributed by atoms with Crippen molar-refractivity contribution in [2.24, 2.45) is 0 Å². The molecule has 0 aliphatic heterocycles. The molecule has 0 aliphatic rings. The van der Waals surface area contributed by atoms with Gasteiger partial charge in [0, 0.05) is 11.3 Å². The molecule has 0 fully saturated rings. The number of anilines is 1. The zero-order chi connectivity index (χ0) is 13.2. The summed E-state index contributed by atoms with van der Waals surface area (Å²) in [6.45, 7) is 1.35. The van der Waals surface area contributed by atoms with E-state index in [1.54, 1.807) is 25.1 Å². The van der Waals surface area contributed by atoms with Crippen LogP contribution in [0.25, 0.3) is 0 Å². The van der Waals surface area contributed by atoms with Gasteiger partial charge in [-0.2, -0.15) is 13.5 Å². The summed E-state index contributed by atoms with van der Waals surface area (Å²) in [5.41, 5.74) is 0.900. The van der Waals surface area contributed by atoms with Gasteiger partial charge < -0.3 is 5.11 Å². The van der Waals surface area contributed by atoms with E-state index in [0.29, 0.717) is 5.69 Å². The lowest BCUT2D eigenvalue weighted by molar-refractivity contribution is 0.278. The summed E-state index contributed by atoms with van der Waals surface area (Å²) in [6, 6.07) is 4.99. The zero-order valence-corrected chi connectivity index (χ0v) is 10.4. The van der Waals surface area contributed by atoms with Crippen LogP contribution < -0.4 is 4.72 Å². The Morgan fingerprint density at radius 2 is 2.22 bits per heavy atom. The summed E-state index contributed by atoms with van der Waals surface area (Å²) in [7, 11) is -3.82. The minimum absolute atomic E-state index is 0.159. The Bertz CT molecular complexity index is 651. The van der Waals surface area contributed by atoms with Crippen molar-refractivity contribution in [1.29, 1.82) is 0 Å². The molecule has 2 aromatic heterocycles. The molecule has 0 unspecified atom stereocenters. The summed E-state index contributed by atoms with van der Waals surface area (Å²) in [4.78, 5) is 4.04. The smallest absolute Gasteiger partial charge is 0.280 e. The van der Waals surface area contributed by atoms with E-state index in [2.05, 4.69) is 19.9 Å². The van der Waals surface area contributed by atoms with Crippen molar-refractivity contribution in [1.82, 2.24) is 15.2 Å². The van der Waals surface area contributed by atoms with Crippen LogP contribution in [-0.4, -0.2) is 28.7 Å². The van der Waals surface area contributed by atoms with E-state index in [1.807, 2.05) is 0 Å². The van der Waals surface area contributed by atoms with Gasteiger partial charge in [0.15, 0.2) is 5.03 Å². The van der Waals surface area contributed by atoms with Crippen molar-refractivity contribution in [2.75, 3.05) is 4.72 Å². The molecule has 0 saturated carbocycles. The highest BCUT2D eigenvalue weighted by atomic mass is 32.2. The first-order valence-electron chi connectivity index (χ1n) is 5.12. The zero-order valence-electron chi connectivity index (χ0n) is 9.58. The number of aromatic nitrogens is 3. The highest BCUT2D eigenvalue weighted by Crippen LogP contribution is 2.16. The molecule has 0 spiro atoms. The van der Waals surface area contributed by atoms with Crippen molar-refractivity contribution in [3.8, 4) is 0 Å². The van der Waals surface area contributed by atoms with E-state index < -0.39 is 16.6 Å². The lowest BCUT2D eigenvalue weighted by Gasteiger charge is -2.07. The molecular weight excluding hydrogens is 256 g/mol. The Morgan fingerprint density at radius 1 is 1.44 bits per heavy atom. The molecule has 0 amide bonds. The van der Waals surface area contributed by atoms with E-state index in [4.69, 9.17) is 5.11 Å². The van der Waals surface area contributed by atoms with Crippen molar-refractivity contribution >= 4 is 15.8 Å². The first kappa shape index (κ1) is 12.5. The van der Waals surface area contributed by atoms with Gasteiger partial charge in [-0.1, -0.05) is 6.07 Å². The molecule has 8 heteroatoms. The van der Waals surface area contributed by atoms with E-state index in [0.717, 1.165) is 0 Å². The van der Waals surface area contributed by atoms with Crippen LogP contribution in [0.1, 0.15) is 11.3 Å². The molecule has 0 saturated heterocycles. The number of aliphatic hydroxyl groups excluding tert-OH is 1. The predicted molar refractivity (Wildman–Crippen MR) is 64.3 cm³/mol. The third-order valence-electron chi connectivity index (χ3n) is 2.24. The summed E-state index contributed by atoms with van der Waals surface area (Å²) in [5.74, 6) is 0.216. The first-order chi connectivity index (χ1) is 8.53. The fourth-order valence-electron chi connectivity index (χ4n) is 1.43. The Hall–Kier alpha value is -1.93. The van der Waals surface area contributed by atoms with Gasteiger partial charge in [0.2, 0.25) is 0 Å². The Kier molecular flexibility index (Phi) is 3.30. The fraction of sp³-hybridized carbons (Fsp3) is 0.200. The number of sulfonamides is 1. The lowest BCUT2D eigenvalue weighted by atomic mass is 10.4. The van der Waals surface area contributed by atoms with Crippen molar-refractivity contribution in [3.63, 3.8) is 0 Å². The van der Waals surface area contributed by atoms with Crippen LogP contribution in [0.2, 0.25) is 0 Å². The number of hydrogen-bond donors (Lipinski definition) is 3. The van der Waals surface area contributed by atoms with E-state index in [-0.39, 0.29) is 16.4 Å². The Balaban J connectivity index is 2.33. The topological polar surface area (TPSA) is 108 Å². The average molecular weight is 268 g/mol. The number of aromatic amines is 1. The highest BCUT2D eigenvalue weighted by molar-refractivity contribution is 7.92. The SMILES string of the molecule is Cc1cccc(NS(=O)(=O)c2[nH]ncc2CO)n1. The predicted octanol–water partition coefficient (Wildman–Crippen LogP) is 0.406. The molecule has 96 valence electrons. The number of nitrogens with one attached hydrogen (secondary N) is 2. The highest BCUT2D eigenvalue weighted by Gasteiger charge is 2.20. The number of hydrogen-bond acceptors (Lipinski definition) is 5.